The zero-order valence-electron chi connectivity index (χ0n) is 18.9. The van der Waals surface area contributed by atoms with Crippen molar-refractivity contribution in [3.8, 4) is 0 Å². The lowest BCUT2D eigenvalue weighted by Crippen LogP contribution is -2.52. The SMILES string of the molecule is C[C@H]1c2cccc(Br)c2C[C@H](CO[Si](C)(C)C(C)(C)C)N1C(=O)OC(C)(C)C. The summed E-state index contributed by atoms with van der Waals surface area (Å²) in [7, 11) is -1.92. The third-order valence-electron chi connectivity index (χ3n) is 5.90. The standard InChI is InChI=1S/C22H36BrNO3Si/c1-15-17-11-10-12-19(23)18(17)13-16(14-26-28(8,9)22(5,6)7)24(15)20(25)27-21(2,3)4/h10-12,15-16H,13-14H2,1-9H3/t15-,16+/m0/s1. The van der Waals surface area contributed by atoms with Crippen LogP contribution in [0, 0.1) is 0 Å². The molecule has 0 aliphatic carbocycles. The van der Waals surface area contributed by atoms with Crippen LogP contribution in [0.25, 0.3) is 0 Å². The normalized spacial score (nSPS) is 20.7. The fourth-order valence-corrected chi connectivity index (χ4v) is 4.85. The van der Waals surface area contributed by atoms with Gasteiger partial charge in [-0.15, -0.1) is 0 Å². The Morgan fingerprint density at radius 2 is 1.82 bits per heavy atom. The molecular weight excluding hydrogens is 434 g/mol. The maximum absolute atomic E-state index is 13.1. The first-order valence-electron chi connectivity index (χ1n) is 10.1. The molecule has 0 saturated heterocycles. The van der Waals surface area contributed by atoms with Gasteiger partial charge in [0.05, 0.1) is 18.7 Å². The zero-order chi connectivity index (χ0) is 21.5. The van der Waals surface area contributed by atoms with Gasteiger partial charge in [-0.1, -0.05) is 48.8 Å². The highest BCUT2D eigenvalue weighted by Crippen LogP contribution is 2.40. The molecule has 2 atom stereocenters. The van der Waals surface area contributed by atoms with Crippen molar-refractivity contribution in [3.63, 3.8) is 0 Å². The Morgan fingerprint density at radius 3 is 2.36 bits per heavy atom. The number of fused-ring (bicyclic) bond motifs is 1. The molecule has 0 fully saturated rings. The van der Waals surface area contributed by atoms with Crippen LogP contribution in [0.2, 0.25) is 18.1 Å². The van der Waals surface area contributed by atoms with Crippen LogP contribution in [0.4, 0.5) is 4.79 Å². The summed E-state index contributed by atoms with van der Waals surface area (Å²) < 4.78 is 13.4. The van der Waals surface area contributed by atoms with Crippen molar-refractivity contribution in [2.75, 3.05) is 6.61 Å². The number of rotatable bonds is 3. The number of halogens is 1. The highest BCUT2D eigenvalue weighted by molar-refractivity contribution is 9.10. The molecule has 158 valence electrons. The molecule has 0 N–H and O–H groups in total. The molecule has 0 unspecified atom stereocenters. The molecular formula is C22H36BrNO3Si. The predicted molar refractivity (Wildman–Crippen MR) is 121 cm³/mol. The van der Waals surface area contributed by atoms with E-state index in [0.29, 0.717) is 6.61 Å². The second-order valence-electron chi connectivity index (χ2n) is 10.3. The van der Waals surface area contributed by atoms with Gasteiger partial charge in [0.1, 0.15) is 5.60 Å². The van der Waals surface area contributed by atoms with E-state index in [9.17, 15) is 4.79 Å². The van der Waals surface area contributed by atoms with E-state index in [1.54, 1.807) is 0 Å². The maximum atomic E-state index is 13.1. The molecule has 1 aliphatic rings. The van der Waals surface area contributed by atoms with E-state index >= 15 is 0 Å². The van der Waals surface area contributed by atoms with Gasteiger partial charge >= 0.3 is 6.09 Å². The lowest BCUT2D eigenvalue weighted by Gasteiger charge is -2.44. The van der Waals surface area contributed by atoms with E-state index in [4.69, 9.17) is 9.16 Å². The zero-order valence-corrected chi connectivity index (χ0v) is 21.4. The Morgan fingerprint density at radius 1 is 1.21 bits per heavy atom. The summed E-state index contributed by atoms with van der Waals surface area (Å²) in [6.45, 7) is 19.5. The summed E-state index contributed by atoms with van der Waals surface area (Å²) in [5.74, 6) is 0. The topological polar surface area (TPSA) is 38.8 Å². The van der Waals surface area contributed by atoms with Crippen LogP contribution in [0.3, 0.4) is 0 Å². The molecule has 1 aliphatic heterocycles. The minimum atomic E-state index is -1.92. The summed E-state index contributed by atoms with van der Waals surface area (Å²) in [6, 6.07) is 6.08. The summed E-state index contributed by atoms with van der Waals surface area (Å²) in [5.41, 5.74) is 1.90. The molecule has 1 heterocycles. The molecule has 0 bridgehead atoms. The van der Waals surface area contributed by atoms with Gasteiger partial charge in [0.25, 0.3) is 0 Å². The monoisotopic (exact) mass is 469 g/mol. The van der Waals surface area contributed by atoms with Crippen molar-refractivity contribution in [2.45, 2.75) is 90.7 Å². The van der Waals surface area contributed by atoms with Crippen molar-refractivity contribution in [3.05, 3.63) is 33.8 Å². The van der Waals surface area contributed by atoms with Gasteiger partial charge in [0, 0.05) is 4.47 Å². The van der Waals surface area contributed by atoms with E-state index in [1.165, 1.54) is 11.1 Å². The Labute approximate surface area is 180 Å². The van der Waals surface area contributed by atoms with Crippen LogP contribution in [0.1, 0.15) is 65.6 Å². The number of carbonyl (C=O) groups is 1. The van der Waals surface area contributed by atoms with Crippen molar-refractivity contribution >= 4 is 30.3 Å². The lowest BCUT2D eigenvalue weighted by atomic mass is 9.89. The van der Waals surface area contributed by atoms with Gasteiger partial charge in [-0.05, 0) is 69.4 Å². The predicted octanol–water partition coefficient (Wildman–Crippen LogP) is 6.69. The first-order valence-corrected chi connectivity index (χ1v) is 13.8. The van der Waals surface area contributed by atoms with Crippen LogP contribution < -0.4 is 0 Å². The molecule has 0 saturated carbocycles. The second kappa shape index (κ2) is 8.11. The molecule has 1 amide bonds. The van der Waals surface area contributed by atoms with E-state index < -0.39 is 13.9 Å². The first-order chi connectivity index (χ1) is 12.6. The fraction of sp³-hybridized carbons (Fsp3) is 0.682. The van der Waals surface area contributed by atoms with E-state index in [-0.39, 0.29) is 23.2 Å². The smallest absolute Gasteiger partial charge is 0.411 e. The van der Waals surface area contributed by atoms with E-state index in [1.807, 2.05) is 31.7 Å². The fourth-order valence-electron chi connectivity index (χ4n) is 3.26. The second-order valence-corrected chi connectivity index (χ2v) is 16.0. The molecule has 1 aromatic carbocycles. The quantitative estimate of drug-likeness (QED) is 0.462. The van der Waals surface area contributed by atoms with Crippen molar-refractivity contribution in [1.29, 1.82) is 0 Å². The summed E-state index contributed by atoms with van der Waals surface area (Å²) in [4.78, 5) is 15.0. The Balaban J connectivity index is 2.36. The van der Waals surface area contributed by atoms with Gasteiger partial charge in [-0.25, -0.2) is 4.79 Å². The number of amides is 1. The lowest BCUT2D eigenvalue weighted by molar-refractivity contribution is -0.00370. The van der Waals surface area contributed by atoms with Crippen LogP contribution in [0.15, 0.2) is 22.7 Å². The van der Waals surface area contributed by atoms with Crippen molar-refractivity contribution < 1.29 is 14.0 Å². The number of benzene rings is 1. The minimum absolute atomic E-state index is 0.0508. The molecule has 1 aromatic rings. The number of nitrogens with zero attached hydrogens (tertiary/aromatic N) is 1. The van der Waals surface area contributed by atoms with Crippen LogP contribution in [0.5, 0.6) is 0 Å². The van der Waals surface area contributed by atoms with Gasteiger partial charge in [0.15, 0.2) is 8.32 Å². The minimum Gasteiger partial charge on any atom is -0.444 e. The molecule has 0 aromatic heterocycles. The van der Waals surface area contributed by atoms with Crippen molar-refractivity contribution in [1.82, 2.24) is 4.90 Å². The number of hydrogen-bond donors (Lipinski definition) is 0. The average molecular weight is 471 g/mol. The molecule has 2 rings (SSSR count). The number of carbonyl (C=O) groups excluding carboxylic acids is 1. The highest BCUT2D eigenvalue weighted by Gasteiger charge is 2.42. The van der Waals surface area contributed by atoms with Crippen molar-refractivity contribution in [2.24, 2.45) is 0 Å². The summed E-state index contributed by atoms with van der Waals surface area (Å²) in [5, 5.41) is 0.128. The van der Waals surface area contributed by atoms with Gasteiger partial charge in [0.2, 0.25) is 0 Å². The van der Waals surface area contributed by atoms with Crippen LogP contribution in [-0.4, -0.2) is 37.6 Å². The molecule has 0 spiro atoms. The van der Waals surface area contributed by atoms with Crippen LogP contribution >= 0.6 is 15.9 Å². The van der Waals surface area contributed by atoms with E-state index in [2.05, 4.69) is 68.9 Å². The molecule has 4 nitrogen and oxygen atoms in total. The van der Waals surface area contributed by atoms with E-state index in [0.717, 1.165) is 10.9 Å². The molecule has 0 radical (unpaired) electrons. The third-order valence-corrected chi connectivity index (χ3v) is 11.1. The van der Waals surface area contributed by atoms with Gasteiger partial charge in [-0.2, -0.15) is 0 Å². The third kappa shape index (κ3) is 5.19. The Kier molecular flexibility index (Phi) is 6.79. The molecule has 28 heavy (non-hydrogen) atoms. The van der Waals surface area contributed by atoms with Gasteiger partial charge in [-0.3, -0.25) is 4.90 Å². The largest absolute Gasteiger partial charge is 0.444 e. The number of ether oxygens (including phenoxy) is 1. The Bertz CT molecular complexity index is 721. The maximum Gasteiger partial charge on any atom is 0.411 e. The van der Waals surface area contributed by atoms with Crippen LogP contribution in [-0.2, 0) is 15.6 Å². The van der Waals surface area contributed by atoms with Gasteiger partial charge < -0.3 is 9.16 Å². The Hall–Kier alpha value is -0.853. The number of hydrogen-bond acceptors (Lipinski definition) is 3. The summed E-state index contributed by atoms with van der Waals surface area (Å²) >= 11 is 3.70. The first kappa shape index (κ1) is 23.4. The highest BCUT2D eigenvalue weighted by atomic mass is 79.9. The molecule has 6 heteroatoms. The summed E-state index contributed by atoms with van der Waals surface area (Å²) in [6.07, 6.45) is 0.490. The average Bonchev–Trinajstić information content (AvgIpc) is 2.51.